The average Bonchev–Trinajstić information content (AvgIpc) is 2.48. The van der Waals surface area contributed by atoms with Crippen molar-refractivity contribution in [3.8, 4) is 0 Å². The highest BCUT2D eigenvalue weighted by atomic mass is 16.5. The second kappa shape index (κ2) is 7.92. The second-order valence-electron chi connectivity index (χ2n) is 6.29. The van der Waals surface area contributed by atoms with Gasteiger partial charge in [-0.25, -0.2) is 0 Å². The van der Waals surface area contributed by atoms with Crippen molar-refractivity contribution in [3.63, 3.8) is 0 Å². The van der Waals surface area contributed by atoms with E-state index in [9.17, 15) is 0 Å². The molecular formula is C18H30N2O. The molecule has 2 rings (SSSR count). The standard InChI is InChI=1S/C18H30N2O/c1-5-8-19-18(12-20-9-10-21-13-16(20)4)17-11-14(2)6-7-15(17)3/h6-7,11,16,18-19H,5,8-10,12-13H2,1-4H3. The number of ether oxygens (including phenoxy) is 1. The number of nitrogens with one attached hydrogen (secondary N) is 1. The van der Waals surface area contributed by atoms with Gasteiger partial charge in [0.2, 0.25) is 0 Å². The maximum Gasteiger partial charge on any atom is 0.0619 e. The fraction of sp³-hybridized carbons (Fsp3) is 0.667. The monoisotopic (exact) mass is 290 g/mol. The minimum atomic E-state index is 0.408. The van der Waals surface area contributed by atoms with Crippen molar-refractivity contribution in [2.24, 2.45) is 0 Å². The zero-order chi connectivity index (χ0) is 15.2. The van der Waals surface area contributed by atoms with Crippen LogP contribution in [-0.4, -0.2) is 43.8 Å². The van der Waals surface area contributed by atoms with Gasteiger partial charge in [0, 0.05) is 25.2 Å². The molecule has 118 valence electrons. The predicted molar refractivity (Wildman–Crippen MR) is 88.8 cm³/mol. The molecule has 21 heavy (non-hydrogen) atoms. The van der Waals surface area contributed by atoms with Gasteiger partial charge in [0.15, 0.2) is 0 Å². The lowest BCUT2D eigenvalue weighted by atomic mass is 9.97. The molecule has 0 spiro atoms. The number of hydrogen-bond donors (Lipinski definition) is 1. The number of aryl methyl sites for hydroxylation is 2. The molecule has 2 atom stereocenters. The second-order valence-corrected chi connectivity index (χ2v) is 6.29. The van der Waals surface area contributed by atoms with Crippen LogP contribution in [0.4, 0.5) is 0 Å². The highest BCUT2D eigenvalue weighted by molar-refractivity contribution is 5.33. The van der Waals surface area contributed by atoms with Crippen LogP contribution in [0.1, 0.15) is 43.0 Å². The molecule has 0 amide bonds. The van der Waals surface area contributed by atoms with Crippen LogP contribution in [0.25, 0.3) is 0 Å². The number of morpholine rings is 1. The maximum absolute atomic E-state index is 5.56. The van der Waals surface area contributed by atoms with Crippen LogP contribution in [0, 0.1) is 13.8 Å². The third-order valence-corrected chi connectivity index (χ3v) is 4.37. The van der Waals surface area contributed by atoms with E-state index < -0.39 is 0 Å². The van der Waals surface area contributed by atoms with E-state index in [0.29, 0.717) is 12.1 Å². The molecular weight excluding hydrogens is 260 g/mol. The molecule has 1 heterocycles. The van der Waals surface area contributed by atoms with E-state index in [1.165, 1.54) is 23.1 Å². The van der Waals surface area contributed by atoms with Gasteiger partial charge in [-0.1, -0.05) is 30.7 Å². The van der Waals surface area contributed by atoms with Crippen LogP contribution < -0.4 is 5.32 Å². The van der Waals surface area contributed by atoms with E-state index in [1.54, 1.807) is 0 Å². The summed E-state index contributed by atoms with van der Waals surface area (Å²) in [7, 11) is 0. The summed E-state index contributed by atoms with van der Waals surface area (Å²) < 4.78 is 5.56. The summed E-state index contributed by atoms with van der Waals surface area (Å²) in [5.41, 5.74) is 4.17. The van der Waals surface area contributed by atoms with Crippen molar-refractivity contribution in [3.05, 3.63) is 34.9 Å². The predicted octanol–water partition coefficient (Wildman–Crippen LogP) is 3.06. The Bertz CT molecular complexity index is 447. The minimum Gasteiger partial charge on any atom is -0.379 e. The molecule has 1 aromatic carbocycles. The maximum atomic E-state index is 5.56. The summed E-state index contributed by atoms with van der Waals surface area (Å²) in [6.07, 6.45) is 1.17. The lowest BCUT2D eigenvalue weighted by Gasteiger charge is -2.36. The Morgan fingerprint density at radius 3 is 2.90 bits per heavy atom. The normalized spacial score (nSPS) is 21.4. The van der Waals surface area contributed by atoms with E-state index in [4.69, 9.17) is 4.74 Å². The van der Waals surface area contributed by atoms with Crippen LogP contribution in [0.5, 0.6) is 0 Å². The first-order valence-corrected chi connectivity index (χ1v) is 8.24. The number of benzene rings is 1. The van der Waals surface area contributed by atoms with Gasteiger partial charge in [0.05, 0.1) is 13.2 Å². The number of rotatable bonds is 6. The van der Waals surface area contributed by atoms with Crippen LogP contribution in [0.3, 0.4) is 0 Å². The van der Waals surface area contributed by atoms with Crippen molar-refractivity contribution in [2.45, 2.75) is 46.2 Å². The minimum absolute atomic E-state index is 0.408. The van der Waals surface area contributed by atoms with Crippen LogP contribution >= 0.6 is 0 Å². The van der Waals surface area contributed by atoms with Gasteiger partial charge in [0.25, 0.3) is 0 Å². The molecule has 0 aliphatic carbocycles. The summed E-state index contributed by atoms with van der Waals surface area (Å²) in [4.78, 5) is 2.55. The van der Waals surface area contributed by atoms with Crippen molar-refractivity contribution in [1.29, 1.82) is 0 Å². The average molecular weight is 290 g/mol. The van der Waals surface area contributed by atoms with Crippen molar-refractivity contribution < 1.29 is 4.74 Å². The molecule has 0 aromatic heterocycles. The summed E-state index contributed by atoms with van der Waals surface area (Å²) >= 11 is 0. The molecule has 0 bridgehead atoms. The Morgan fingerprint density at radius 1 is 1.38 bits per heavy atom. The molecule has 1 aliphatic heterocycles. The van der Waals surface area contributed by atoms with E-state index in [0.717, 1.165) is 32.8 Å². The molecule has 3 heteroatoms. The zero-order valence-corrected chi connectivity index (χ0v) is 14.0. The SMILES string of the molecule is CCCNC(CN1CCOCC1C)c1cc(C)ccc1C. The highest BCUT2D eigenvalue weighted by Gasteiger charge is 2.23. The van der Waals surface area contributed by atoms with Gasteiger partial charge in [-0.2, -0.15) is 0 Å². The Balaban J connectivity index is 2.15. The highest BCUT2D eigenvalue weighted by Crippen LogP contribution is 2.22. The van der Waals surface area contributed by atoms with Gasteiger partial charge in [-0.3, -0.25) is 4.90 Å². The third-order valence-electron chi connectivity index (χ3n) is 4.37. The van der Waals surface area contributed by atoms with Crippen LogP contribution in [0.15, 0.2) is 18.2 Å². The summed E-state index contributed by atoms with van der Waals surface area (Å²) in [6, 6.07) is 7.70. The van der Waals surface area contributed by atoms with Gasteiger partial charge in [-0.05, 0) is 44.9 Å². The molecule has 0 saturated carbocycles. The first-order valence-electron chi connectivity index (χ1n) is 8.24. The first-order chi connectivity index (χ1) is 10.1. The summed E-state index contributed by atoms with van der Waals surface area (Å²) in [5.74, 6) is 0. The Labute approximate surface area is 129 Å². The first kappa shape index (κ1) is 16.5. The molecule has 3 nitrogen and oxygen atoms in total. The van der Waals surface area contributed by atoms with Crippen LogP contribution in [-0.2, 0) is 4.74 Å². The van der Waals surface area contributed by atoms with Crippen molar-refractivity contribution in [1.82, 2.24) is 10.2 Å². The van der Waals surface area contributed by atoms with E-state index >= 15 is 0 Å². The van der Waals surface area contributed by atoms with Crippen molar-refractivity contribution >= 4 is 0 Å². The molecule has 0 radical (unpaired) electrons. The zero-order valence-electron chi connectivity index (χ0n) is 14.0. The van der Waals surface area contributed by atoms with Gasteiger partial charge >= 0.3 is 0 Å². The third kappa shape index (κ3) is 4.53. The summed E-state index contributed by atoms with van der Waals surface area (Å²) in [6.45, 7) is 13.8. The quantitative estimate of drug-likeness (QED) is 0.871. The lowest BCUT2D eigenvalue weighted by molar-refractivity contribution is -0.00451. The number of hydrogen-bond acceptors (Lipinski definition) is 3. The smallest absolute Gasteiger partial charge is 0.0619 e. The fourth-order valence-corrected chi connectivity index (χ4v) is 2.99. The molecule has 2 unspecified atom stereocenters. The van der Waals surface area contributed by atoms with E-state index in [-0.39, 0.29) is 0 Å². The Hall–Kier alpha value is -0.900. The largest absolute Gasteiger partial charge is 0.379 e. The fourth-order valence-electron chi connectivity index (χ4n) is 2.99. The van der Waals surface area contributed by atoms with Gasteiger partial charge < -0.3 is 10.1 Å². The topological polar surface area (TPSA) is 24.5 Å². The molecule has 1 N–H and O–H groups in total. The van der Waals surface area contributed by atoms with Crippen LogP contribution in [0.2, 0.25) is 0 Å². The molecule has 1 saturated heterocycles. The number of nitrogens with zero attached hydrogens (tertiary/aromatic N) is 1. The molecule has 1 aliphatic rings. The molecule has 1 aromatic rings. The lowest BCUT2D eigenvalue weighted by Crippen LogP contribution is -2.47. The Morgan fingerprint density at radius 2 is 2.19 bits per heavy atom. The Kier molecular flexibility index (Phi) is 6.22. The molecule has 1 fully saturated rings. The van der Waals surface area contributed by atoms with Gasteiger partial charge in [0.1, 0.15) is 0 Å². The van der Waals surface area contributed by atoms with Crippen molar-refractivity contribution in [2.75, 3.05) is 32.8 Å². The van der Waals surface area contributed by atoms with Gasteiger partial charge in [-0.15, -0.1) is 0 Å². The summed E-state index contributed by atoms with van der Waals surface area (Å²) in [5, 5.41) is 3.74. The van der Waals surface area contributed by atoms with E-state index in [1.807, 2.05) is 0 Å². The van der Waals surface area contributed by atoms with E-state index in [2.05, 4.69) is 56.1 Å².